The number of piperidine rings is 1. The lowest BCUT2D eigenvalue weighted by Gasteiger charge is -2.51. The van der Waals surface area contributed by atoms with Crippen molar-refractivity contribution in [2.75, 3.05) is 19.7 Å². The molecular formula is C23H32ClFN4O3. The van der Waals surface area contributed by atoms with E-state index in [1.54, 1.807) is 0 Å². The molecule has 7 nitrogen and oxygen atoms in total. The number of ether oxygens (including phenoxy) is 1. The summed E-state index contributed by atoms with van der Waals surface area (Å²) < 4.78 is 18.9. The fourth-order valence-corrected chi connectivity index (χ4v) is 5.29. The summed E-state index contributed by atoms with van der Waals surface area (Å²) in [6.45, 7) is 3.64. The number of carbonyl (C=O) groups excluding carboxylic acids is 2. The van der Waals surface area contributed by atoms with E-state index in [-0.39, 0.29) is 47.3 Å². The van der Waals surface area contributed by atoms with Crippen LogP contribution < -0.4 is 26.0 Å². The molecule has 0 aromatic heterocycles. The molecule has 1 aromatic rings. The number of hydrogen-bond acceptors (Lipinski definition) is 5. The van der Waals surface area contributed by atoms with E-state index in [9.17, 15) is 14.0 Å². The van der Waals surface area contributed by atoms with E-state index in [2.05, 4.69) is 28.2 Å². The van der Waals surface area contributed by atoms with Gasteiger partial charge in [-0.25, -0.2) is 4.39 Å². The molecule has 1 aliphatic heterocycles. The van der Waals surface area contributed by atoms with Crippen molar-refractivity contribution in [3.8, 4) is 5.75 Å². The van der Waals surface area contributed by atoms with E-state index in [4.69, 9.17) is 16.3 Å². The quantitative estimate of drug-likeness (QED) is 0.470. The van der Waals surface area contributed by atoms with Gasteiger partial charge in [0.2, 0.25) is 5.91 Å². The maximum atomic E-state index is 13.5. The Morgan fingerprint density at radius 2 is 1.91 bits per heavy atom. The van der Waals surface area contributed by atoms with Gasteiger partial charge in [0.05, 0.1) is 11.1 Å². The minimum absolute atomic E-state index is 0.0116. The third-order valence-corrected chi connectivity index (χ3v) is 7.32. The molecule has 32 heavy (non-hydrogen) atoms. The van der Waals surface area contributed by atoms with Crippen molar-refractivity contribution >= 4 is 23.4 Å². The SMILES string of the molecule is CCNC1CCC(C(=O)NC2CC(NC(=O)COc3ccc(Cl)c(F)c3)C3CC2C3)NC1. The number of hydrogen-bond donors (Lipinski definition) is 4. The van der Waals surface area contributed by atoms with Gasteiger partial charge in [-0.3, -0.25) is 9.59 Å². The van der Waals surface area contributed by atoms with Crippen LogP contribution in [0.25, 0.3) is 0 Å². The summed E-state index contributed by atoms with van der Waals surface area (Å²) in [5.41, 5.74) is 0. The van der Waals surface area contributed by atoms with Crippen molar-refractivity contribution < 1.29 is 18.7 Å². The zero-order valence-corrected chi connectivity index (χ0v) is 19.1. The molecule has 1 saturated heterocycles. The predicted molar refractivity (Wildman–Crippen MR) is 120 cm³/mol. The van der Waals surface area contributed by atoms with Crippen molar-refractivity contribution in [3.63, 3.8) is 0 Å². The average molecular weight is 467 g/mol. The molecule has 5 rings (SSSR count). The number of rotatable bonds is 8. The van der Waals surface area contributed by atoms with Crippen molar-refractivity contribution in [2.45, 2.75) is 63.2 Å². The Hall–Kier alpha value is -1.90. The van der Waals surface area contributed by atoms with Gasteiger partial charge in [-0.05, 0) is 62.6 Å². The van der Waals surface area contributed by atoms with Crippen molar-refractivity contribution in [1.29, 1.82) is 0 Å². The Morgan fingerprint density at radius 1 is 1.16 bits per heavy atom. The Morgan fingerprint density at radius 3 is 2.56 bits per heavy atom. The summed E-state index contributed by atoms with van der Waals surface area (Å²) >= 11 is 5.66. The zero-order valence-electron chi connectivity index (χ0n) is 18.3. The minimum atomic E-state index is -0.583. The second-order valence-electron chi connectivity index (χ2n) is 9.17. The van der Waals surface area contributed by atoms with Gasteiger partial charge in [0.25, 0.3) is 5.91 Å². The predicted octanol–water partition coefficient (Wildman–Crippen LogP) is 1.99. The smallest absolute Gasteiger partial charge is 0.258 e. The first kappa shape index (κ1) is 23.3. The van der Waals surface area contributed by atoms with Gasteiger partial charge in [-0.1, -0.05) is 18.5 Å². The van der Waals surface area contributed by atoms with Crippen molar-refractivity contribution in [2.24, 2.45) is 11.8 Å². The number of likely N-dealkylation sites (N-methyl/N-ethyl adjacent to an activating group) is 1. The molecule has 3 aliphatic carbocycles. The van der Waals surface area contributed by atoms with Crippen LogP contribution in [0.3, 0.4) is 0 Å². The molecule has 4 N–H and O–H groups in total. The molecule has 4 aliphatic rings. The highest BCUT2D eigenvalue weighted by molar-refractivity contribution is 6.30. The number of nitrogens with one attached hydrogen (secondary N) is 4. The second kappa shape index (κ2) is 10.4. The lowest BCUT2D eigenvalue weighted by Crippen LogP contribution is -2.62. The average Bonchev–Trinajstić information content (AvgIpc) is 2.74. The van der Waals surface area contributed by atoms with E-state index < -0.39 is 5.82 Å². The minimum Gasteiger partial charge on any atom is -0.484 e. The van der Waals surface area contributed by atoms with Crippen LogP contribution >= 0.6 is 11.6 Å². The van der Waals surface area contributed by atoms with Crippen LogP contribution in [0.1, 0.15) is 39.0 Å². The maximum absolute atomic E-state index is 13.5. The zero-order chi connectivity index (χ0) is 22.7. The van der Waals surface area contributed by atoms with Crippen LogP contribution in [0, 0.1) is 17.7 Å². The highest BCUT2D eigenvalue weighted by Gasteiger charge is 2.47. The van der Waals surface area contributed by atoms with Gasteiger partial charge in [-0.15, -0.1) is 0 Å². The van der Waals surface area contributed by atoms with Gasteiger partial charge < -0.3 is 26.0 Å². The van der Waals surface area contributed by atoms with E-state index in [1.165, 1.54) is 12.1 Å². The van der Waals surface area contributed by atoms with Crippen LogP contribution in [-0.4, -0.2) is 55.7 Å². The maximum Gasteiger partial charge on any atom is 0.258 e. The molecule has 9 heteroatoms. The Kier molecular flexibility index (Phi) is 7.53. The van der Waals surface area contributed by atoms with E-state index in [0.717, 1.165) is 51.3 Å². The van der Waals surface area contributed by atoms with Crippen LogP contribution in [0.4, 0.5) is 4.39 Å². The van der Waals surface area contributed by atoms with Crippen LogP contribution in [0.15, 0.2) is 18.2 Å². The molecule has 176 valence electrons. The Bertz CT molecular complexity index is 827. The fraction of sp³-hybridized carbons (Fsp3) is 0.652. The monoisotopic (exact) mass is 466 g/mol. The highest BCUT2D eigenvalue weighted by Crippen LogP contribution is 2.45. The van der Waals surface area contributed by atoms with Crippen LogP contribution in [0.5, 0.6) is 5.75 Å². The van der Waals surface area contributed by atoms with Gasteiger partial charge in [-0.2, -0.15) is 0 Å². The number of carbonyl (C=O) groups is 2. The van der Waals surface area contributed by atoms with E-state index >= 15 is 0 Å². The highest BCUT2D eigenvalue weighted by atomic mass is 35.5. The first-order chi connectivity index (χ1) is 15.4. The van der Waals surface area contributed by atoms with Gasteiger partial charge in [0.15, 0.2) is 6.61 Å². The molecule has 2 amide bonds. The summed E-state index contributed by atoms with van der Waals surface area (Å²) in [5.74, 6) is 0.427. The molecule has 1 heterocycles. The first-order valence-electron chi connectivity index (χ1n) is 11.6. The lowest BCUT2D eigenvalue weighted by atomic mass is 9.60. The molecule has 3 saturated carbocycles. The van der Waals surface area contributed by atoms with Crippen LogP contribution in [-0.2, 0) is 9.59 Å². The number of benzene rings is 1. The van der Waals surface area contributed by atoms with Gasteiger partial charge >= 0.3 is 0 Å². The van der Waals surface area contributed by atoms with E-state index in [0.29, 0.717) is 17.9 Å². The van der Waals surface area contributed by atoms with Crippen LogP contribution in [0.2, 0.25) is 5.02 Å². The fourth-order valence-electron chi connectivity index (χ4n) is 5.17. The van der Waals surface area contributed by atoms with Crippen molar-refractivity contribution in [1.82, 2.24) is 21.3 Å². The number of fused-ring (bicyclic) bond motifs is 2. The molecule has 4 unspecified atom stereocenters. The summed E-state index contributed by atoms with van der Waals surface area (Å²) in [6.07, 6.45) is 4.58. The van der Waals surface area contributed by atoms with Gasteiger partial charge in [0.1, 0.15) is 11.6 Å². The lowest BCUT2D eigenvalue weighted by molar-refractivity contribution is -0.127. The first-order valence-corrected chi connectivity index (χ1v) is 11.9. The third-order valence-electron chi connectivity index (χ3n) is 7.02. The molecule has 0 radical (unpaired) electrons. The molecule has 0 spiro atoms. The molecule has 4 atom stereocenters. The topological polar surface area (TPSA) is 91.5 Å². The summed E-state index contributed by atoms with van der Waals surface area (Å²) in [7, 11) is 0. The summed E-state index contributed by atoms with van der Waals surface area (Å²) in [5, 5.41) is 13.1. The van der Waals surface area contributed by atoms with E-state index in [1.807, 2.05) is 0 Å². The van der Waals surface area contributed by atoms with Crippen molar-refractivity contribution in [3.05, 3.63) is 29.0 Å². The molecule has 2 bridgehead atoms. The summed E-state index contributed by atoms with van der Waals surface area (Å²) in [6, 6.07) is 4.47. The normalized spacial score (nSPS) is 31.3. The molecule has 4 fully saturated rings. The molecular weight excluding hydrogens is 435 g/mol. The largest absolute Gasteiger partial charge is 0.484 e. The van der Waals surface area contributed by atoms with Gasteiger partial charge in [0, 0.05) is 30.7 Å². The third kappa shape index (κ3) is 5.53. The number of amides is 2. The Labute approximate surface area is 193 Å². The second-order valence-corrected chi connectivity index (χ2v) is 9.58. The standard InChI is InChI=1S/C23H32ClFN4O3/c1-2-26-15-3-6-19(27-11-15)23(31)29-21-10-20(13-7-14(21)8-13)28-22(30)12-32-16-4-5-17(24)18(25)9-16/h4-5,9,13-15,19-21,26-27H,2-3,6-8,10-12H2,1H3,(H,28,30)(H,29,31). The molecule has 1 aromatic carbocycles. The Balaban J connectivity index is 1.23. The number of halogens is 2. The summed E-state index contributed by atoms with van der Waals surface area (Å²) in [4.78, 5) is 25.2.